The highest BCUT2D eigenvalue weighted by Crippen LogP contribution is 2.23. The van der Waals surface area contributed by atoms with Crippen molar-refractivity contribution in [1.29, 1.82) is 0 Å². The van der Waals surface area contributed by atoms with E-state index in [0.29, 0.717) is 21.8 Å². The predicted molar refractivity (Wildman–Crippen MR) is 86.4 cm³/mol. The second kappa shape index (κ2) is 6.74. The quantitative estimate of drug-likeness (QED) is 0.869. The Morgan fingerprint density at radius 2 is 1.90 bits per heavy atom. The average molecular weight is 368 g/mol. The van der Waals surface area contributed by atoms with Crippen LogP contribution < -0.4 is 11.1 Å². The number of para-hydroxylation sites is 1. The van der Waals surface area contributed by atoms with Gasteiger partial charge in [-0.3, -0.25) is 9.59 Å². The van der Waals surface area contributed by atoms with Crippen LogP contribution in [0.2, 0.25) is 5.02 Å². The summed E-state index contributed by atoms with van der Waals surface area (Å²) in [4.78, 5) is 23.4. The molecule has 0 unspecified atom stereocenters. The lowest BCUT2D eigenvalue weighted by Crippen LogP contribution is -2.17. The summed E-state index contributed by atoms with van der Waals surface area (Å²) in [6.45, 7) is 0. The third kappa shape index (κ3) is 4.06. The standard InChI is InChI=1S/C15H12BrClN2O2/c16-10-5-6-12(17)11(8-10)15(21)19-13-4-2-1-3-9(13)7-14(18)20/h1-6,8H,7H2,(H2,18,20)(H,19,21). The maximum Gasteiger partial charge on any atom is 0.257 e. The molecule has 0 radical (unpaired) electrons. The number of hydrogen-bond donors (Lipinski definition) is 2. The molecule has 4 nitrogen and oxygen atoms in total. The topological polar surface area (TPSA) is 72.2 Å². The summed E-state index contributed by atoms with van der Waals surface area (Å²) in [7, 11) is 0. The van der Waals surface area contributed by atoms with Crippen LogP contribution in [0.1, 0.15) is 15.9 Å². The van der Waals surface area contributed by atoms with Gasteiger partial charge in [0.2, 0.25) is 5.91 Å². The summed E-state index contributed by atoms with van der Waals surface area (Å²) in [6.07, 6.45) is 0.0582. The Kier molecular flexibility index (Phi) is 4.98. The van der Waals surface area contributed by atoms with Gasteiger partial charge in [-0.2, -0.15) is 0 Å². The SMILES string of the molecule is NC(=O)Cc1ccccc1NC(=O)c1cc(Br)ccc1Cl. The lowest BCUT2D eigenvalue weighted by atomic mass is 10.1. The van der Waals surface area contributed by atoms with E-state index in [1.165, 1.54) is 0 Å². The van der Waals surface area contributed by atoms with Crippen LogP contribution in [0.5, 0.6) is 0 Å². The molecule has 2 aromatic rings. The Morgan fingerprint density at radius 1 is 1.19 bits per heavy atom. The van der Waals surface area contributed by atoms with Gasteiger partial charge in [0.25, 0.3) is 5.91 Å². The molecule has 0 saturated heterocycles. The largest absolute Gasteiger partial charge is 0.369 e. The molecule has 0 aliphatic rings. The van der Waals surface area contributed by atoms with Crippen molar-refractivity contribution in [1.82, 2.24) is 0 Å². The number of nitrogens with two attached hydrogens (primary N) is 1. The van der Waals surface area contributed by atoms with Gasteiger partial charge in [0.15, 0.2) is 0 Å². The van der Waals surface area contributed by atoms with Crippen LogP contribution in [0.25, 0.3) is 0 Å². The third-order valence-corrected chi connectivity index (χ3v) is 3.63. The maximum atomic E-state index is 12.3. The van der Waals surface area contributed by atoms with Crippen molar-refractivity contribution in [2.45, 2.75) is 6.42 Å². The Hall–Kier alpha value is -1.85. The highest BCUT2D eigenvalue weighted by molar-refractivity contribution is 9.10. The Bertz CT molecular complexity index is 704. The van der Waals surface area contributed by atoms with Gasteiger partial charge in [-0.05, 0) is 29.8 Å². The molecule has 0 fully saturated rings. The van der Waals surface area contributed by atoms with Crippen molar-refractivity contribution in [3.8, 4) is 0 Å². The van der Waals surface area contributed by atoms with Gasteiger partial charge in [0, 0.05) is 10.2 Å². The first-order valence-electron chi connectivity index (χ1n) is 6.10. The number of nitrogens with one attached hydrogen (secondary N) is 1. The minimum absolute atomic E-state index is 0.0582. The van der Waals surface area contributed by atoms with Crippen LogP contribution in [-0.2, 0) is 11.2 Å². The first kappa shape index (κ1) is 15.5. The Labute approximate surface area is 135 Å². The molecule has 0 aliphatic carbocycles. The van der Waals surface area contributed by atoms with Crippen molar-refractivity contribution in [3.05, 3.63) is 63.1 Å². The normalized spacial score (nSPS) is 10.2. The van der Waals surface area contributed by atoms with Crippen LogP contribution in [0.3, 0.4) is 0 Å². The molecule has 0 saturated carbocycles. The molecule has 21 heavy (non-hydrogen) atoms. The van der Waals surface area contributed by atoms with E-state index in [1.54, 1.807) is 42.5 Å². The van der Waals surface area contributed by atoms with Gasteiger partial charge in [-0.1, -0.05) is 45.7 Å². The summed E-state index contributed by atoms with van der Waals surface area (Å²) in [5.74, 6) is -0.810. The molecule has 108 valence electrons. The zero-order chi connectivity index (χ0) is 15.4. The zero-order valence-electron chi connectivity index (χ0n) is 10.9. The van der Waals surface area contributed by atoms with Gasteiger partial charge in [-0.15, -0.1) is 0 Å². The third-order valence-electron chi connectivity index (χ3n) is 2.80. The summed E-state index contributed by atoms with van der Waals surface area (Å²) >= 11 is 9.32. The van der Waals surface area contributed by atoms with E-state index < -0.39 is 5.91 Å². The van der Waals surface area contributed by atoms with E-state index in [2.05, 4.69) is 21.2 Å². The number of benzene rings is 2. The van der Waals surface area contributed by atoms with E-state index >= 15 is 0 Å². The number of anilines is 1. The number of rotatable bonds is 4. The number of carbonyl (C=O) groups is 2. The molecule has 6 heteroatoms. The molecule has 2 rings (SSSR count). The van der Waals surface area contributed by atoms with E-state index in [1.807, 2.05) is 0 Å². The first-order valence-corrected chi connectivity index (χ1v) is 7.27. The minimum atomic E-state index is -0.461. The summed E-state index contributed by atoms with van der Waals surface area (Å²) in [5, 5.41) is 3.10. The second-order valence-corrected chi connectivity index (χ2v) is 5.70. The first-order chi connectivity index (χ1) is 9.97. The van der Waals surface area contributed by atoms with Crippen LogP contribution in [0.15, 0.2) is 46.9 Å². The molecule has 0 heterocycles. The van der Waals surface area contributed by atoms with Gasteiger partial charge < -0.3 is 11.1 Å². The molecule has 0 spiro atoms. The molecule has 0 aliphatic heterocycles. The number of hydrogen-bond acceptors (Lipinski definition) is 2. The molecule has 0 atom stereocenters. The smallest absolute Gasteiger partial charge is 0.257 e. The number of carbonyl (C=O) groups excluding carboxylic acids is 2. The van der Waals surface area contributed by atoms with Crippen molar-refractivity contribution in [2.24, 2.45) is 5.73 Å². The average Bonchev–Trinajstić information content (AvgIpc) is 2.43. The second-order valence-electron chi connectivity index (χ2n) is 4.38. The van der Waals surface area contributed by atoms with E-state index in [4.69, 9.17) is 17.3 Å². The molecule has 2 amide bonds. The fourth-order valence-electron chi connectivity index (χ4n) is 1.85. The molecular formula is C15H12BrClN2O2. The van der Waals surface area contributed by atoms with Crippen LogP contribution in [-0.4, -0.2) is 11.8 Å². The molecule has 0 aromatic heterocycles. The Balaban J connectivity index is 2.27. The van der Waals surface area contributed by atoms with Crippen LogP contribution >= 0.6 is 27.5 Å². The zero-order valence-corrected chi connectivity index (χ0v) is 13.2. The lowest BCUT2D eigenvalue weighted by molar-refractivity contribution is -0.117. The maximum absolute atomic E-state index is 12.3. The van der Waals surface area contributed by atoms with Crippen molar-refractivity contribution >= 4 is 45.0 Å². The van der Waals surface area contributed by atoms with Gasteiger partial charge in [0.1, 0.15) is 0 Å². The van der Waals surface area contributed by atoms with E-state index in [9.17, 15) is 9.59 Å². The van der Waals surface area contributed by atoms with Crippen molar-refractivity contribution in [3.63, 3.8) is 0 Å². The monoisotopic (exact) mass is 366 g/mol. The highest BCUT2D eigenvalue weighted by Gasteiger charge is 2.13. The Morgan fingerprint density at radius 3 is 2.62 bits per heavy atom. The van der Waals surface area contributed by atoms with Crippen LogP contribution in [0, 0.1) is 0 Å². The van der Waals surface area contributed by atoms with E-state index in [-0.39, 0.29) is 12.3 Å². The van der Waals surface area contributed by atoms with Gasteiger partial charge in [-0.25, -0.2) is 0 Å². The fourth-order valence-corrected chi connectivity index (χ4v) is 2.41. The molecule has 2 aromatic carbocycles. The predicted octanol–water partition coefficient (Wildman–Crippen LogP) is 3.38. The summed E-state index contributed by atoms with van der Waals surface area (Å²) in [6, 6.07) is 12.0. The van der Waals surface area contributed by atoms with Gasteiger partial charge >= 0.3 is 0 Å². The minimum Gasteiger partial charge on any atom is -0.369 e. The molecule has 0 bridgehead atoms. The molecule has 3 N–H and O–H groups in total. The van der Waals surface area contributed by atoms with Crippen molar-refractivity contribution < 1.29 is 9.59 Å². The summed E-state index contributed by atoms with van der Waals surface area (Å²) in [5.41, 5.74) is 6.74. The fraction of sp³-hybridized carbons (Fsp3) is 0.0667. The van der Waals surface area contributed by atoms with Gasteiger partial charge in [0.05, 0.1) is 17.0 Å². The van der Waals surface area contributed by atoms with E-state index in [0.717, 1.165) is 4.47 Å². The number of primary amides is 1. The lowest BCUT2D eigenvalue weighted by Gasteiger charge is -2.11. The number of halogens is 2. The van der Waals surface area contributed by atoms with Crippen LogP contribution in [0.4, 0.5) is 5.69 Å². The summed E-state index contributed by atoms with van der Waals surface area (Å²) < 4.78 is 0.752. The van der Waals surface area contributed by atoms with Crippen molar-refractivity contribution in [2.75, 3.05) is 5.32 Å². The number of amides is 2. The highest BCUT2D eigenvalue weighted by atomic mass is 79.9. The molecular weight excluding hydrogens is 356 g/mol.